The van der Waals surface area contributed by atoms with E-state index in [-0.39, 0.29) is 24.3 Å². The Morgan fingerprint density at radius 1 is 1.04 bits per heavy atom. The first-order valence-corrected chi connectivity index (χ1v) is 8.27. The van der Waals surface area contributed by atoms with Crippen molar-refractivity contribution in [2.75, 3.05) is 31.0 Å². The van der Waals surface area contributed by atoms with Crippen molar-refractivity contribution in [1.82, 2.24) is 0 Å². The third-order valence-corrected chi connectivity index (χ3v) is 3.51. The van der Waals surface area contributed by atoms with Gasteiger partial charge in [0.2, 0.25) is 5.91 Å². The van der Waals surface area contributed by atoms with Crippen LogP contribution in [-0.4, -0.2) is 38.3 Å². The van der Waals surface area contributed by atoms with Gasteiger partial charge in [-0.2, -0.15) is 13.2 Å². The lowest BCUT2D eigenvalue weighted by molar-refractivity contribution is -0.174. The van der Waals surface area contributed by atoms with Crippen LogP contribution >= 0.6 is 0 Å². The van der Waals surface area contributed by atoms with E-state index in [1.54, 1.807) is 36.4 Å². The minimum Gasteiger partial charge on any atom is -0.497 e. The second-order valence-corrected chi connectivity index (χ2v) is 5.70. The van der Waals surface area contributed by atoms with Crippen LogP contribution in [0.4, 0.5) is 24.5 Å². The molecule has 0 radical (unpaired) electrons. The van der Waals surface area contributed by atoms with Crippen molar-refractivity contribution in [3.8, 4) is 5.75 Å². The molecule has 0 heterocycles. The second kappa shape index (κ2) is 9.75. The average Bonchev–Trinajstić information content (AvgIpc) is 2.65. The first-order chi connectivity index (χ1) is 13.3. The Kier molecular flexibility index (Phi) is 7.39. The van der Waals surface area contributed by atoms with Gasteiger partial charge in [0.05, 0.1) is 31.4 Å². The summed E-state index contributed by atoms with van der Waals surface area (Å²) in [5.74, 6) is -0.459. The van der Waals surface area contributed by atoms with Gasteiger partial charge < -0.3 is 20.1 Å². The number of ether oxygens (including phenoxy) is 2. The number of methoxy groups -OCH3 is 1. The topological polar surface area (TPSA) is 76.7 Å². The Morgan fingerprint density at radius 2 is 1.79 bits per heavy atom. The van der Waals surface area contributed by atoms with Crippen molar-refractivity contribution in [3.05, 3.63) is 54.1 Å². The molecule has 0 aliphatic heterocycles. The van der Waals surface area contributed by atoms with Crippen LogP contribution < -0.4 is 15.4 Å². The SMILES string of the molecule is COc1cccc(NC(=O)c2ccccc2NC(=O)CCOCC(F)(F)F)c1. The Labute approximate surface area is 159 Å². The highest BCUT2D eigenvalue weighted by atomic mass is 19.4. The zero-order valence-electron chi connectivity index (χ0n) is 15.0. The molecule has 150 valence electrons. The molecule has 0 aromatic heterocycles. The molecule has 0 atom stereocenters. The molecule has 0 unspecified atom stereocenters. The van der Waals surface area contributed by atoms with Crippen molar-refractivity contribution in [3.63, 3.8) is 0 Å². The predicted octanol–water partition coefficient (Wildman–Crippen LogP) is 3.86. The summed E-state index contributed by atoms with van der Waals surface area (Å²) in [6, 6.07) is 13.0. The van der Waals surface area contributed by atoms with E-state index in [9.17, 15) is 22.8 Å². The second-order valence-electron chi connectivity index (χ2n) is 5.70. The molecule has 0 aliphatic carbocycles. The fourth-order valence-corrected chi connectivity index (χ4v) is 2.25. The van der Waals surface area contributed by atoms with E-state index in [1.165, 1.54) is 19.2 Å². The number of alkyl halides is 3. The van der Waals surface area contributed by atoms with Crippen LogP contribution in [0.2, 0.25) is 0 Å². The molecule has 2 rings (SSSR count). The van der Waals surface area contributed by atoms with Gasteiger partial charge in [-0.3, -0.25) is 9.59 Å². The molecule has 2 N–H and O–H groups in total. The molecule has 0 saturated carbocycles. The van der Waals surface area contributed by atoms with Crippen LogP contribution in [0.3, 0.4) is 0 Å². The van der Waals surface area contributed by atoms with Crippen LogP contribution in [0.1, 0.15) is 16.8 Å². The molecule has 0 saturated heterocycles. The highest BCUT2D eigenvalue weighted by molar-refractivity contribution is 6.10. The first-order valence-electron chi connectivity index (χ1n) is 8.27. The summed E-state index contributed by atoms with van der Waals surface area (Å²) in [7, 11) is 1.50. The molecule has 28 heavy (non-hydrogen) atoms. The van der Waals surface area contributed by atoms with Crippen molar-refractivity contribution in [2.45, 2.75) is 12.6 Å². The van der Waals surface area contributed by atoms with E-state index in [0.717, 1.165) is 0 Å². The highest BCUT2D eigenvalue weighted by Gasteiger charge is 2.27. The van der Waals surface area contributed by atoms with Gasteiger partial charge >= 0.3 is 6.18 Å². The van der Waals surface area contributed by atoms with Crippen molar-refractivity contribution in [1.29, 1.82) is 0 Å². The molecule has 0 aliphatic rings. The number of amides is 2. The van der Waals surface area contributed by atoms with Gasteiger partial charge in [-0.15, -0.1) is 0 Å². The number of halogens is 3. The number of para-hydroxylation sites is 1. The van der Waals surface area contributed by atoms with Gasteiger partial charge in [0.1, 0.15) is 12.4 Å². The average molecular weight is 396 g/mol. The molecular weight excluding hydrogens is 377 g/mol. The van der Waals surface area contributed by atoms with E-state index in [4.69, 9.17) is 4.74 Å². The van der Waals surface area contributed by atoms with Crippen LogP contribution in [0, 0.1) is 0 Å². The highest BCUT2D eigenvalue weighted by Crippen LogP contribution is 2.21. The molecule has 2 aromatic carbocycles. The number of hydrogen-bond donors (Lipinski definition) is 2. The largest absolute Gasteiger partial charge is 0.497 e. The molecule has 0 spiro atoms. The van der Waals surface area contributed by atoms with Crippen molar-refractivity contribution in [2.24, 2.45) is 0 Å². The van der Waals surface area contributed by atoms with Gasteiger partial charge in [-0.25, -0.2) is 0 Å². The molecule has 2 aromatic rings. The van der Waals surface area contributed by atoms with Gasteiger partial charge in [-0.05, 0) is 24.3 Å². The number of nitrogens with one attached hydrogen (secondary N) is 2. The number of rotatable bonds is 8. The Morgan fingerprint density at radius 3 is 2.50 bits per heavy atom. The summed E-state index contributed by atoms with van der Waals surface area (Å²) in [6.07, 6.45) is -4.72. The predicted molar refractivity (Wildman–Crippen MR) is 97.5 cm³/mol. The molecular formula is C19H19F3N2O4. The van der Waals surface area contributed by atoms with Gasteiger partial charge in [0.25, 0.3) is 5.91 Å². The van der Waals surface area contributed by atoms with Gasteiger partial charge in [0, 0.05) is 11.8 Å². The summed E-state index contributed by atoms with van der Waals surface area (Å²) in [4.78, 5) is 24.5. The van der Waals surface area contributed by atoms with Crippen LogP contribution in [0.25, 0.3) is 0 Å². The van der Waals surface area contributed by atoms with E-state index in [0.29, 0.717) is 11.4 Å². The quantitative estimate of drug-likeness (QED) is 0.665. The summed E-state index contributed by atoms with van der Waals surface area (Å²) in [6.45, 7) is -1.80. The normalized spacial score (nSPS) is 11.0. The smallest absolute Gasteiger partial charge is 0.411 e. The standard InChI is InChI=1S/C19H19F3N2O4/c1-27-14-6-4-5-13(11-14)23-18(26)15-7-2-3-8-16(15)24-17(25)9-10-28-12-19(20,21)22/h2-8,11H,9-10,12H2,1H3,(H,23,26)(H,24,25). The van der Waals surface area contributed by atoms with Crippen molar-refractivity contribution >= 4 is 23.2 Å². The summed E-state index contributed by atoms with van der Waals surface area (Å²) < 4.78 is 45.6. The van der Waals surface area contributed by atoms with Crippen molar-refractivity contribution < 1.29 is 32.2 Å². The minimum atomic E-state index is -4.44. The fraction of sp³-hybridized carbons (Fsp3) is 0.263. The maximum absolute atomic E-state index is 12.5. The summed E-state index contributed by atoms with van der Waals surface area (Å²) in [5.41, 5.74) is 0.949. The number of carbonyl (C=O) groups is 2. The molecule has 9 heteroatoms. The first kappa shape index (κ1) is 21.2. The van der Waals surface area contributed by atoms with E-state index in [2.05, 4.69) is 15.4 Å². The lowest BCUT2D eigenvalue weighted by Crippen LogP contribution is -2.21. The lowest BCUT2D eigenvalue weighted by atomic mass is 10.1. The number of carbonyl (C=O) groups excluding carboxylic acids is 2. The lowest BCUT2D eigenvalue weighted by Gasteiger charge is -2.12. The molecule has 2 amide bonds. The molecule has 6 nitrogen and oxygen atoms in total. The van der Waals surface area contributed by atoms with Gasteiger partial charge in [0.15, 0.2) is 0 Å². The zero-order valence-corrected chi connectivity index (χ0v) is 15.0. The third-order valence-electron chi connectivity index (χ3n) is 3.51. The number of anilines is 2. The monoisotopic (exact) mass is 396 g/mol. The maximum atomic E-state index is 12.5. The van der Waals surface area contributed by atoms with E-state index >= 15 is 0 Å². The molecule has 0 fully saturated rings. The number of hydrogen-bond acceptors (Lipinski definition) is 4. The van der Waals surface area contributed by atoms with E-state index in [1.807, 2.05) is 0 Å². The summed E-state index contributed by atoms with van der Waals surface area (Å²) >= 11 is 0. The van der Waals surface area contributed by atoms with E-state index < -0.39 is 24.6 Å². The Bertz CT molecular complexity index is 825. The fourth-order valence-electron chi connectivity index (χ4n) is 2.25. The Balaban J connectivity index is 1.97. The minimum absolute atomic E-state index is 0.204. The maximum Gasteiger partial charge on any atom is 0.411 e. The Hall–Kier alpha value is -3.07. The number of benzene rings is 2. The summed E-state index contributed by atoms with van der Waals surface area (Å²) in [5, 5.41) is 5.21. The molecule has 0 bridgehead atoms. The van der Waals surface area contributed by atoms with Gasteiger partial charge in [-0.1, -0.05) is 18.2 Å². The van der Waals surface area contributed by atoms with Crippen LogP contribution in [-0.2, 0) is 9.53 Å². The van der Waals surface area contributed by atoms with Crippen LogP contribution in [0.5, 0.6) is 5.75 Å². The van der Waals surface area contributed by atoms with Crippen LogP contribution in [0.15, 0.2) is 48.5 Å². The zero-order chi connectivity index (χ0) is 20.6. The third kappa shape index (κ3) is 6.92.